The number of alkyl halides is 1. The first-order valence-electron chi connectivity index (χ1n) is 5.13. The number of amides is 3. The van der Waals surface area contributed by atoms with E-state index in [-0.39, 0.29) is 12.3 Å². The van der Waals surface area contributed by atoms with E-state index >= 15 is 0 Å². The van der Waals surface area contributed by atoms with Gasteiger partial charge >= 0.3 is 6.03 Å². The van der Waals surface area contributed by atoms with Crippen LogP contribution in [0.4, 0.5) is 4.79 Å². The number of carbonyl (C=O) groups excluding carboxylic acids is 2. The van der Waals surface area contributed by atoms with Crippen LogP contribution in [0.1, 0.15) is 12.8 Å². The fraction of sp³-hybridized carbons (Fsp3) is 0.250. The number of urea groups is 1. The van der Waals surface area contributed by atoms with Crippen LogP contribution in [0.5, 0.6) is 0 Å². The molecule has 0 saturated carbocycles. The molecule has 0 aromatic carbocycles. The highest BCUT2D eigenvalue weighted by Gasteiger charge is 2.07. The van der Waals surface area contributed by atoms with E-state index in [1.165, 1.54) is 0 Å². The molecule has 0 atom stereocenters. The zero-order valence-electron chi connectivity index (χ0n) is 9.28. The molecule has 0 bridgehead atoms. The standard InChI is InChI=1S/C12H13ClN2O2/c1-2-9-3-5-10(6-4-9)14-12(17)15-11(16)7-8-13/h2-5H,1,6-8H2,(H,15,16,17). The van der Waals surface area contributed by atoms with Crippen molar-refractivity contribution in [2.24, 2.45) is 4.99 Å². The minimum atomic E-state index is -0.657. The van der Waals surface area contributed by atoms with Crippen LogP contribution in [0.15, 0.2) is 41.4 Å². The Bertz CT molecular complexity index is 422. The molecule has 0 aromatic rings. The number of nitrogens with one attached hydrogen (secondary N) is 1. The van der Waals surface area contributed by atoms with Crippen LogP contribution in [-0.4, -0.2) is 23.5 Å². The second kappa shape index (κ2) is 6.81. The SMILES string of the molecule is C=CC1=CCC(=NC(=O)NC(=O)CCCl)C=C1. The van der Waals surface area contributed by atoms with Crippen molar-refractivity contribution in [3.05, 3.63) is 36.5 Å². The predicted octanol–water partition coefficient (Wildman–Crippen LogP) is 2.36. The highest BCUT2D eigenvalue weighted by molar-refractivity contribution is 6.19. The molecule has 0 aliphatic heterocycles. The number of halogens is 1. The quantitative estimate of drug-likeness (QED) is 0.784. The van der Waals surface area contributed by atoms with Crippen molar-refractivity contribution < 1.29 is 9.59 Å². The minimum absolute atomic E-state index is 0.106. The number of allylic oxidation sites excluding steroid dienone is 5. The molecule has 1 rings (SSSR count). The van der Waals surface area contributed by atoms with Crippen molar-refractivity contribution in [3.8, 4) is 0 Å². The van der Waals surface area contributed by atoms with E-state index in [4.69, 9.17) is 11.6 Å². The van der Waals surface area contributed by atoms with Gasteiger partial charge in [-0.1, -0.05) is 24.8 Å². The van der Waals surface area contributed by atoms with Gasteiger partial charge in [-0.15, -0.1) is 11.6 Å². The second-order valence-electron chi connectivity index (χ2n) is 3.34. The third-order valence-electron chi connectivity index (χ3n) is 2.06. The van der Waals surface area contributed by atoms with Gasteiger partial charge in [-0.05, 0) is 11.6 Å². The third kappa shape index (κ3) is 4.78. The van der Waals surface area contributed by atoms with Crippen molar-refractivity contribution in [2.75, 3.05) is 5.88 Å². The summed E-state index contributed by atoms with van der Waals surface area (Å²) in [4.78, 5) is 26.1. The first-order chi connectivity index (χ1) is 8.15. The molecule has 0 heterocycles. The third-order valence-corrected chi connectivity index (χ3v) is 2.25. The molecule has 3 amide bonds. The molecule has 90 valence electrons. The van der Waals surface area contributed by atoms with Crippen LogP contribution < -0.4 is 5.32 Å². The molecule has 0 aromatic heterocycles. The number of carbonyl (C=O) groups is 2. The normalized spacial score (nSPS) is 16.5. The number of rotatable bonds is 3. The van der Waals surface area contributed by atoms with Gasteiger partial charge < -0.3 is 0 Å². The highest BCUT2D eigenvalue weighted by Crippen LogP contribution is 2.08. The van der Waals surface area contributed by atoms with Gasteiger partial charge in [0.2, 0.25) is 5.91 Å². The van der Waals surface area contributed by atoms with E-state index < -0.39 is 11.9 Å². The molecule has 4 nitrogen and oxygen atoms in total. The molecule has 1 aliphatic rings. The fourth-order valence-corrected chi connectivity index (χ4v) is 1.38. The Kier molecular flexibility index (Phi) is 5.36. The zero-order valence-corrected chi connectivity index (χ0v) is 10.0. The van der Waals surface area contributed by atoms with Gasteiger partial charge in [-0.2, -0.15) is 4.99 Å². The summed E-state index contributed by atoms with van der Waals surface area (Å²) in [6.45, 7) is 3.63. The summed E-state index contributed by atoms with van der Waals surface area (Å²) in [6, 6.07) is -0.657. The molecule has 0 fully saturated rings. The van der Waals surface area contributed by atoms with Crippen LogP contribution >= 0.6 is 11.6 Å². The minimum Gasteiger partial charge on any atom is -0.276 e. The molecule has 5 heteroatoms. The van der Waals surface area contributed by atoms with Gasteiger partial charge in [0.1, 0.15) is 0 Å². The molecule has 0 radical (unpaired) electrons. The lowest BCUT2D eigenvalue weighted by Gasteiger charge is -2.04. The fourth-order valence-electron chi connectivity index (χ4n) is 1.21. The van der Waals surface area contributed by atoms with Crippen LogP contribution in [0.2, 0.25) is 0 Å². The molecule has 0 spiro atoms. The number of hydrogen-bond acceptors (Lipinski definition) is 2. The lowest BCUT2D eigenvalue weighted by atomic mass is 10.1. The molecule has 17 heavy (non-hydrogen) atoms. The second-order valence-corrected chi connectivity index (χ2v) is 3.72. The van der Waals surface area contributed by atoms with Gasteiger partial charge in [0, 0.05) is 24.4 Å². The summed E-state index contributed by atoms with van der Waals surface area (Å²) in [6.07, 6.45) is 7.81. The Morgan fingerprint density at radius 2 is 2.29 bits per heavy atom. The maximum absolute atomic E-state index is 11.3. The molecular formula is C12H13ClN2O2. The van der Waals surface area contributed by atoms with Crippen molar-refractivity contribution in [2.45, 2.75) is 12.8 Å². The topological polar surface area (TPSA) is 58.5 Å². The van der Waals surface area contributed by atoms with Crippen LogP contribution in [0.3, 0.4) is 0 Å². The van der Waals surface area contributed by atoms with Gasteiger partial charge in [0.15, 0.2) is 0 Å². The largest absolute Gasteiger partial charge is 0.347 e. The molecule has 0 unspecified atom stereocenters. The van der Waals surface area contributed by atoms with Gasteiger partial charge in [0.05, 0.1) is 0 Å². The zero-order chi connectivity index (χ0) is 12.7. The lowest BCUT2D eigenvalue weighted by Crippen LogP contribution is -2.28. The average Bonchev–Trinajstić information content (AvgIpc) is 2.30. The average molecular weight is 253 g/mol. The first-order valence-corrected chi connectivity index (χ1v) is 5.67. The van der Waals surface area contributed by atoms with E-state index in [0.717, 1.165) is 5.57 Å². The number of imide groups is 1. The molecule has 1 N–H and O–H groups in total. The van der Waals surface area contributed by atoms with E-state index in [0.29, 0.717) is 12.1 Å². The van der Waals surface area contributed by atoms with E-state index in [9.17, 15) is 9.59 Å². The monoisotopic (exact) mass is 252 g/mol. The summed E-state index contributed by atoms with van der Waals surface area (Å²) >= 11 is 5.37. The first kappa shape index (κ1) is 13.4. The van der Waals surface area contributed by atoms with Crippen LogP contribution in [-0.2, 0) is 4.79 Å². The van der Waals surface area contributed by atoms with Crippen molar-refractivity contribution in [1.82, 2.24) is 5.32 Å². The van der Waals surface area contributed by atoms with Gasteiger partial charge in [-0.3, -0.25) is 10.1 Å². The number of hydrogen-bond donors (Lipinski definition) is 1. The van der Waals surface area contributed by atoms with Crippen molar-refractivity contribution in [1.29, 1.82) is 0 Å². The Hall–Kier alpha value is -1.68. The summed E-state index contributed by atoms with van der Waals surface area (Å²) in [5.74, 6) is -0.238. The summed E-state index contributed by atoms with van der Waals surface area (Å²) in [5.41, 5.74) is 1.59. The maximum Gasteiger partial charge on any atom is 0.347 e. The van der Waals surface area contributed by atoms with Gasteiger partial charge in [-0.25, -0.2) is 4.79 Å². The predicted molar refractivity (Wildman–Crippen MR) is 68.3 cm³/mol. The number of nitrogens with zero attached hydrogens (tertiary/aromatic N) is 1. The lowest BCUT2D eigenvalue weighted by molar-refractivity contribution is -0.119. The molecule has 1 aliphatic carbocycles. The number of aliphatic imine (C=N–C) groups is 1. The van der Waals surface area contributed by atoms with Crippen LogP contribution in [0.25, 0.3) is 0 Å². The smallest absolute Gasteiger partial charge is 0.276 e. The van der Waals surface area contributed by atoms with E-state index in [1.54, 1.807) is 12.2 Å². The van der Waals surface area contributed by atoms with E-state index in [1.807, 2.05) is 12.2 Å². The van der Waals surface area contributed by atoms with Crippen molar-refractivity contribution >= 4 is 29.3 Å². The molecule has 0 saturated heterocycles. The van der Waals surface area contributed by atoms with Crippen LogP contribution in [0, 0.1) is 0 Å². The Balaban J connectivity index is 2.52. The Labute approximate surface area is 105 Å². The van der Waals surface area contributed by atoms with Gasteiger partial charge in [0.25, 0.3) is 0 Å². The van der Waals surface area contributed by atoms with E-state index in [2.05, 4.69) is 16.9 Å². The highest BCUT2D eigenvalue weighted by atomic mass is 35.5. The Morgan fingerprint density at radius 3 is 2.82 bits per heavy atom. The summed E-state index contributed by atoms with van der Waals surface area (Å²) < 4.78 is 0. The summed E-state index contributed by atoms with van der Waals surface area (Å²) in [7, 11) is 0. The molecular weight excluding hydrogens is 240 g/mol. The maximum atomic E-state index is 11.3. The summed E-state index contributed by atoms with van der Waals surface area (Å²) in [5, 5.41) is 2.13. The Morgan fingerprint density at radius 1 is 1.53 bits per heavy atom. The van der Waals surface area contributed by atoms with Crippen molar-refractivity contribution in [3.63, 3.8) is 0 Å².